The zero-order valence-corrected chi connectivity index (χ0v) is 6.89. The molecule has 0 aromatic heterocycles. The van der Waals surface area contributed by atoms with Crippen molar-refractivity contribution in [1.82, 2.24) is 5.32 Å². The lowest BCUT2D eigenvalue weighted by atomic mass is 10.3. The predicted molar refractivity (Wildman–Crippen MR) is 43.0 cm³/mol. The van der Waals surface area contributed by atoms with Crippen molar-refractivity contribution in [3.8, 4) is 0 Å². The van der Waals surface area contributed by atoms with Crippen LogP contribution < -0.4 is 11.1 Å². The number of ether oxygens (including phenoxy) is 1. The molecule has 62 valence electrons. The Kier molecular flexibility index (Phi) is 6.91. The van der Waals surface area contributed by atoms with Crippen LogP contribution >= 0.6 is 0 Å². The molecule has 3 N–H and O–H groups in total. The Morgan fingerprint density at radius 2 is 2.30 bits per heavy atom. The number of rotatable bonds is 6. The second kappa shape index (κ2) is 6.99. The highest BCUT2D eigenvalue weighted by Crippen LogP contribution is 1.75. The minimum Gasteiger partial charge on any atom is -0.380 e. The van der Waals surface area contributed by atoms with Gasteiger partial charge in [0.25, 0.3) is 0 Å². The molecule has 0 heterocycles. The van der Waals surface area contributed by atoms with Crippen LogP contribution in [-0.2, 0) is 4.74 Å². The van der Waals surface area contributed by atoms with Crippen LogP contribution in [0.25, 0.3) is 0 Å². The molecular weight excluding hydrogens is 128 g/mol. The maximum Gasteiger partial charge on any atom is 0.0590 e. The predicted octanol–water partition coefficient (Wildman–Crippen LogP) is -0.0403. The quantitative estimate of drug-likeness (QED) is 0.517. The Morgan fingerprint density at radius 1 is 1.60 bits per heavy atom. The normalized spacial score (nSPS) is 13.5. The van der Waals surface area contributed by atoms with Crippen LogP contribution in [0.1, 0.15) is 13.8 Å². The zero-order chi connectivity index (χ0) is 7.82. The number of hydrogen-bond donors (Lipinski definition) is 2. The van der Waals surface area contributed by atoms with Crippen LogP contribution in [0.15, 0.2) is 0 Å². The summed E-state index contributed by atoms with van der Waals surface area (Å²) in [5.41, 5.74) is 5.38. The molecule has 0 spiro atoms. The van der Waals surface area contributed by atoms with Gasteiger partial charge >= 0.3 is 0 Å². The molecular formula is C7H18N2O. The fourth-order valence-electron chi connectivity index (χ4n) is 0.605. The highest BCUT2D eigenvalue weighted by atomic mass is 16.5. The lowest BCUT2D eigenvalue weighted by molar-refractivity contribution is 0.147. The van der Waals surface area contributed by atoms with Gasteiger partial charge in [0, 0.05) is 25.7 Å². The van der Waals surface area contributed by atoms with Gasteiger partial charge in [-0.25, -0.2) is 0 Å². The molecule has 0 aliphatic heterocycles. The lowest BCUT2D eigenvalue weighted by Gasteiger charge is -2.10. The molecule has 0 radical (unpaired) electrons. The Balaban J connectivity index is 2.89. The van der Waals surface area contributed by atoms with Gasteiger partial charge in [-0.3, -0.25) is 0 Å². The summed E-state index contributed by atoms with van der Waals surface area (Å²) in [6, 6.07) is 0.403. The van der Waals surface area contributed by atoms with E-state index in [2.05, 4.69) is 12.2 Å². The third-order valence-corrected chi connectivity index (χ3v) is 1.30. The maximum absolute atomic E-state index is 5.38. The van der Waals surface area contributed by atoms with Crippen molar-refractivity contribution in [3.63, 3.8) is 0 Å². The molecule has 0 saturated carbocycles. The van der Waals surface area contributed by atoms with Gasteiger partial charge in [0.15, 0.2) is 0 Å². The maximum atomic E-state index is 5.38. The van der Waals surface area contributed by atoms with Crippen molar-refractivity contribution in [1.29, 1.82) is 0 Å². The fraction of sp³-hybridized carbons (Fsp3) is 1.00. The minimum absolute atomic E-state index is 0.403. The molecule has 0 aromatic carbocycles. The van der Waals surface area contributed by atoms with Crippen LogP contribution in [-0.4, -0.2) is 32.3 Å². The van der Waals surface area contributed by atoms with E-state index in [4.69, 9.17) is 10.5 Å². The second-order valence-electron chi connectivity index (χ2n) is 2.29. The third kappa shape index (κ3) is 6.01. The SMILES string of the molecule is CCOCCNC(C)CN. The molecule has 0 fully saturated rings. The monoisotopic (exact) mass is 146 g/mol. The lowest BCUT2D eigenvalue weighted by Crippen LogP contribution is -2.35. The molecule has 0 aromatic rings. The first kappa shape index (κ1) is 9.88. The van der Waals surface area contributed by atoms with E-state index in [9.17, 15) is 0 Å². The van der Waals surface area contributed by atoms with Crippen molar-refractivity contribution < 1.29 is 4.74 Å². The molecule has 0 bridgehead atoms. The molecule has 3 nitrogen and oxygen atoms in total. The first-order valence-corrected chi connectivity index (χ1v) is 3.82. The molecule has 0 rings (SSSR count). The van der Waals surface area contributed by atoms with Gasteiger partial charge in [-0.15, -0.1) is 0 Å². The summed E-state index contributed by atoms with van der Waals surface area (Å²) in [6.45, 7) is 7.20. The Hall–Kier alpha value is -0.120. The van der Waals surface area contributed by atoms with Gasteiger partial charge in [-0.2, -0.15) is 0 Å². The van der Waals surface area contributed by atoms with E-state index in [1.165, 1.54) is 0 Å². The molecule has 1 atom stereocenters. The summed E-state index contributed by atoms with van der Waals surface area (Å²) in [5, 5.41) is 3.22. The fourth-order valence-corrected chi connectivity index (χ4v) is 0.605. The van der Waals surface area contributed by atoms with E-state index in [0.717, 1.165) is 19.8 Å². The van der Waals surface area contributed by atoms with Crippen LogP contribution in [0.4, 0.5) is 0 Å². The zero-order valence-electron chi connectivity index (χ0n) is 6.89. The molecule has 0 saturated heterocycles. The van der Waals surface area contributed by atoms with Crippen LogP contribution in [0.5, 0.6) is 0 Å². The van der Waals surface area contributed by atoms with Crippen molar-refractivity contribution in [2.75, 3.05) is 26.3 Å². The summed E-state index contributed by atoms with van der Waals surface area (Å²) in [7, 11) is 0. The largest absolute Gasteiger partial charge is 0.380 e. The summed E-state index contributed by atoms with van der Waals surface area (Å²) in [6.07, 6.45) is 0. The van der Waals surface area contributed by atoms with Gasteiger partial charge in [0.2, 0.25) is 0 Å². The molecule has 0 aliphatic carbocycles. The average molecular weight is 146 g/mol. The molecule has 10 heavy (non-hydrogen) atoms. The van der Waals surface area contributed by atoms with Crippen molar-refractivity contribution in [2.45, 2.75) is 19.9 Å². The van der Waals surface area contributed by atoms with Gasteiger partial charge in [0.1, 0.15) is 0 Å². The molecule has 0 amide bonds. The van der Waals surface area contributed by atoms with Crippen LogP contribution in [0, 0.1) is 0 Å². The first-order chi connectivity index (χ1) is 4.81. The van der Waals surface area contributed by atoms with E-state index in [0.29, 0.717) is 12.6 Å². The van der Waals surface area contributed by atoms with Crippen molar-refractivity contribution in [2.24, 2.45) is 5.73 Å². The highest BCUT2D eigenvalue weighted by molar-refractivity contribution is 4.58. The minimum atomic E-state index is 0.403. The second-order valence-corrected chi connectivity index (χ2v) is 2.29. The van der Waals surface area contributed by atoms with Gasteiger partial charge in [0.05, 0.1) is 6.61 Å². The first-order valence-electron chi connectivity index (χ1n) is 3.82. The Morgan fingerprint density at radius 3 is 2.80 bits per heavy atom. The third-order valence-electron chi connectivity index (χ3n) is 1.30. The summed E-state index contributed by atoms with van der Waals surface area (Å²) in [4.78, 5) is 0. The highest BCUT2D eigenvalue weighted by Gasteiger charge is 1.94. The van der Waals surface area contributed by atoms with Crippen molar-refractivity contribution >= 4 is 0 Å². The molecule has 1 unspecified atom stereocenters. The standard InChI is InChI=1S/C7H18N2O/c1-3-10-5-4-9-7(2)6-8/h7,9H,3-6,8H2,1-2H3. The van der Waals surface area contributed by atoms with E-state index >= 15 is 0 Å². The van der Waals surface area contributed by atoms with Gasteiger partial charge in [-0.05, 0) is 13.8 Å². The van der Waals surface area contributed by atoms with E-state index in [-0.39, 0.29) is 0 Å². The smallest absolute Gasteiger partial charge is 0.0590 e. The van der Waals surface area contributed by atoms with Crippen LogP contribution in [0.2, 0.25) is 0 Å². The Bertz CT molecular complexity index is 68.6. The Labute approximate surface area is 62.9 Å². The van der Waals surface area contributed by atoms with Gasteiger partial charge < -0.3 is 15.8 Å². The molecule has 3 heteroatoms. The summed E-state index contributed by atoms with van der Waals surface area (Å²) < 4.78 is 5.13. The molecule has 0 aliphatic rings. The van der Waals surface area contributed by atoms with Gasteiger partial charge in [-0.1, -0.05) is 0 Å². The number of nitrogens with one attached hydrogen (secondary N) is 1. The van der Waals surface area contributed by atoms with E-state index in [1.807, 2.05) is 6.92 Å². The van der Waals surface area contributed by atoms with E-state index in [1.54, 1.807) is 0 Å². The van der Waals surface area contributed by atoms with Crippen molar-refractivity contribution in [3.05, 3.63) is 0 Å². The topological polar surface area (TPSA) is 47.3 Å². The average Bonchev–Trinajstić information content (AvgIpc) is 1.98. The summed E-state index contributed by atoms with van der Waals surface area (Å²) >= 11 is 0. The van der Waals surface area contributed by atoms with E-state index < -0.39 is 0 Å². The number of hydrogen-bond acceptors (Lipinski definition) is 3. The number of nitrogens with two attached hydrogens (primary N) is 1. The summed E-state index contributed by atoms with van der Waals surface area (Å²) in [5.74, 6) is 0. The van der Waals surface area contributed by atoms with Crippen LogP contribution in [0.3, 0.4) is 0 Å².